The SMILES string of the molecule is COc1ccc(C#Cc2cc(C(=O)Nc3ccc(CN4CCN(C)CC4)c(C(F)(F)F)c3)ccc2C)nn1. The van der Waals surface area contributed by atoms with Crippen molar-refractivity contribution in [1.82, 2.24) is 20.0 Å². The molecule has 0 radical (unpaired) electrons. The van der Waals surface area contributed by atoms with Crippen molar-refractivity contribution in [3.05, 3.63) is 82.0 Å². The molecule has 2 heterocycles. The Bertz CT molecular complexity index is 1360. The molecule has 0 unspecified atom stereocenters. The van der Waals surface area contributed by atoms with E-state index in [-0.39, 0.29) is 23.4 Å². The Morgan fingerprint density at radius 1 is 1.03 bits per heavy atom. The van der Waals surface area contributed by atoms with Gasteiger partial charge in [0.05, 0.1) is 12.7 Å². The van der Waals surface area contributed by atoms with E-state index >= 15 is 0 Å². The lowest BCUT2D eigenvalue weighted by Gasteiger charge is -2.33. The fraction of sp³-hybridized carbons (Fsp3) is 0.321. The number of methoxy groups -OCH3 is 1. The minimum absolute atomic E-state index is 0.0752. The number of nitrogens with zero attached hydrogens (tertiary/aromatic N) is 4. The molecule has 198 valence electrons. The van der Waals surface area contributed by atoms with Crippen LogP contribution in [-0.4, -0.2) is 66.2 Å². The molecule has 38 heavy (non-hydrogen) atoms. The number of benzene rings is 2. The van der Waals surface area contributed by atoms with E-state index in [1.165, 1.54) is 19.2 Å². The highest BCUT2D eigenvalue weighted by atomic mass is 19.4. The maximum atomic E-state index is 13.9. The van der Waals surface area contributed by atoms with E-state index in [0.717, 1.165) is 24.7 Å². The quantitative estimate of drug-likeness (QED) is 0.506. The second kappa shape index (κ2) is 11.6. The standard InChI is InChI=1S/C28H28F3N5O2/c1-19-4-5-21(16-20(19)6-8-23-10-11-26(38-3)34-33-23)27(37)32-24-9-7-22(25(17-24)28(29,30)31)18-36-14-12-35(2)13-15-36/h4-5,7,9-11,16-17H,12-15,18H2,1-3H3,(H,32,37). The maximum Gasteiger partial charge on any atom is 0.416 e. The summed E-state index contributed by atoms with van der Waals surface area (Å²) in [6.45, 7) is 5.08. The zero-order chi connectivity index (χ0) is 27.3. The summed E-state index contributed by atoms with van der Waals surface area (Å²) in [5, 5.41) is 10.4. The lowest BCUT2D eigenvalue weighted by Crippen LogP contribution is -2.44. The number of aromatic nitrogens is 2. The highest BCUT2D eigenvalue weighted by Gasteiger charge is 2.34. The molecular formula is C28H28F3N5O2. The summed E-state index contributed by atoms with van der Waals surface area (Å²) < 4.78 is 46.7. The average Bonchev–Trinajstić information content (AvgIpc) is 2.90. The molecular weight excluding hydrogens is 495 g/mol. The molecule has 0 aliphatic carbocycles. The van der Waals surface area contributed by atoms with Crippen LogP contribution in [0.25, 0.3) is 0 Å². The Balaban J connectivity index is 1.51. The van der Waals surface area contributed by atoms with E-state index in [4.69, 9.17) is 4.74 Å². The molecule has 0 bridgehead atoms. The number of amides is 1. The molecule has 2 aromatic carbocycles. The number of hydrogen-bond donors (Lipinski definition) is 1. The fourth-order valence-electron chi connectivity index (χ4n) is 4.03. The van der Waals surface area contributed by atoms with Crippen LogP contribution in [-0.2, 0) is 12.7 Å². The first kappa shape index (κ1) is 27.1. The largest absolute Gasteiger partial charge is 0.480 e. The van der Waals surface area contributed by atoms with Crippen LogP contribution in [0, 0.1) is 18.8 Å². The third-order valence-electron chi connectivity index (χ3n) is 6.34. The molecule has 1 saturated heterocycles. The molecule has 3 aromatic rings. The van der Waals surface area contributed by atoms with Gasteiger partial charge in [-0.05, 0) is 61.4 Å². The van der Waals surface area contributed by atoms with Crippen LogP contribution in [0.2, 0.25) is 0 Å². The number of ether oxygens (including phenoxy) is 1. The maximum absolute atomic E-state index is 13.9. The molecule has 1 aliphatic rings. The number of piperazine rings is 1. The molecule has 0 spiro atoms. The van der Waals surface area contributed by atoms with E-state index in [1.807, 2.05) is 18.9 Å². The number of carbonyl (C=O) groups is 1. The molecule has 0 saturated carbocycles. The van der Waals surface area contributed by atoms with Crippen molar-refractivity contribution in [2.75, 3.05) is 45.7 Å². The number of likely N-dealkylation sites (N-methyl/N-ethyl adjacent to an activating group) is 1. The Kier molecular flexibility index (Phi) is 8.29. The van der Waals surface area contributed by atoms with Crippen LogP contribution >= 0.6 is 0 Å². The number of aryl methyl sites for hydroxylation is 1. The van der Waals surface area contributed by atoms with Gasteiger partial charge in [0.1, 0.15) is 5.69 Å². The average molecular weight is 524 g/mol. The van der Waals surface area contributed by atoms with E-state index < -0.39 is 17.6 Å². The lowest BCUT2D eigenvalue weighted by atomic mass is 10.0. The van der Waals surface area contributed by atoms with Gasteiger partial charge in [-0.1, -0.05) is 18.1 Å². The van der Waals surface area contributed by atoms with E-state index in [0.29, 0.717) is 30.2 Å². The number of anilines is 1. The van der Waals surface area contributed by atoms with E-state index in [1.54, 1.807) is 30.3 Å². The molecule has 1 fully saturated rings. The van der Waals surface area contributed by atoms with Crippen molar-refractivity contribution in [3.63, 3.8) is 0 Å². The second-order valence-electron chi connectivity index (χ2n) is 9.14. The van der Waals surface area contributed by atoms with Gasteiger partial charge in [0.2, 0.25) is 5.88 Å². The van der Waals surface area contributed by atoms with Gasteiger partial charge in [0.25, 0.3) is 5.91 Å². The lowest BCUT2D eigenvalue weighted by molar-refractivity contribution is -0.138. The van der Waals surface area contributed by atoms with Gasteiger partial charge in [-0.25, -0.2) is 0 Å². The molecule has 4 rings (SSSR count). The van der Waals surface area contributed by atoms with Crippen LogP contribution in [0.15, 0.2) is 48.5 Å². The fourth-order valence-corrected chi connectivity index (χ4v) is 4.03. The van der Waals surface area contributed by atoms with Crippen LogP contribution in [0.1, 0.15) is 38.3 Å². The number of hydrogen-bond acceptors (Lipinski definition) is 6. The van der Waals surface area contributed by atoms with Crippen molar-refractivity contribution >= 4 is 11.6 Å². The number of nitrogens with one attached hydrogen (secondary N) is 1. The predicted octanol–water partition coefficient (Wildman–Crippen LogP) is 4.21. The van der Waals surface area contributed by atoms with Gasteiger partial charge in [0.15, 0.2) is 0 Å². The van der Waals surface area contributed by atoms with Crippen molar-refractivity contribution in [1.29, 1.82) is 0 Å². The van der Waals surface area contributed by atoms with E-state index in [9.17, 15) is 18.0 Å². The number of halogens is 3. The van der Waals surface area contributed by atoms with Gasteiger partial charge in [-0.15, -0.1) is 10.2 Å². The van der Waals surface area contributed by atoms with Crippen LogP contribution < -0.4 is 10.1 Å². The topological polar surface area (TPSA) is 70.6 Å². The van der Waals surface area contributed by atoms with Crippen molar-refractivity contribution in [2.24, 2.45) is 0 Å². The van der Waals surface area contributed by atoms with Gasteiger partial charge >= 0.3 is 6.18 Å². The van der Waals surface area contributed by atoms with Crippen LogP contribution in [0.3, 0.4) is 0 Å². The number of alkyl halides is 3. The molecule has 1 N–H and O–H groups in total. The van der Waals surface area contributed by atoms with Crippen molar-refractivity contribution < 1.29 is 22.7 Å². The van der Waals surface area contributed by atoms with Gasteiger partial charge in [0, 0.05) is 55.6 Å². The molecule has 0 atom stereocenters. The predicted molar refractivity (Wildman–Crippen MR) is 138 cm³/mol. The summed E-state index contributed by atoms with van der Waals surface area (Å²) in [4.78, 5) is 17.1. The van der Waals surface area contributed by atoms with Crippen LogP contribution in [0.4, 0.5) is 18.9 Å². The third kappa shape index (κ3) is 6.88. The summed E-state index contributed by atoms with van der Waals surface area (Å²) >= 11 is 0. The summed E-state index contributed by atoms with van der Waals surface area (Å²) in [6.07, 6.45) is -4.54. The Labute approximate surface area is 219 Å². The number of rotatable bonds is 5. The minimum Gasteiger partial charge on any atom is -0.480 e. The highest BCUT2D eigenvalue weighted by Crippen LogP contribution is 2.34. The van der Waals surface area contributed by atoms with Gasteiger partial charge < -0.3 is 15.0 Å². The zero-order valence-corrected chi connectivity index (χ0v) is 21.4. The molecule has 1 aromatic heterocycles. The molecule has 1 aliphatic heterocycles. The normalized spacial score (nSPS) is 14.5. The third-order valence-corrected chi connectivity index (χ3v) is 6.34. The summed E-state index contributed by atoms with van der Waals surface area (Å²) in [6, 6.07) is 12.2. The Morgan fingerprint density at radius 3 is 2.45 bits per heavy atom. The number of carbonyl (C=O) groups excluding carboxylic acids is 1. The summed E-state index contributed by atoms with van der Waals surface area (Å²) in [7, 11) is 3.48. The Morgan fingerprint density at radius 2 is 1.79 bits per heavy atom. The van der Waals surface area contributed by atoms with Crippen molar-refractivity contribution in [2.45, 2.75) is 19.6 Å². The first-order valence-corrected chi connectivity index (χ1v) is 12.0. The Hall–Kier alpha value is -3.94. The smallest absolute Gasteiger partial charge is 0.416 e. The van der Waals surface area contributed by atoms with E-state index in [2.05, 4.69) is 32.3 Å². The monoisotopic (exact) mass is 523 g/mol. The minimum atomic E-state index is -4.54. The summed E-state index contributed by atoms with van der Waals surface area (Å²) in [5.74, 6) is 5.70. The second-order valence-corrected chi connectivity index (χ2v) is 9.14. The molecule has 7 nitrogen and oxygen atoms in total. The van der Waals surface area contributed by atoms with Crippen molar-refractivity contribution in [3.8, 4) is 17.7 Å². The molecule has 10 heteroatoms. The molecule has 1 amide bonds. The zero-order valence-electron chi connectivity index (χ0n) is 21.4. The summed E-state index contributed by atoms with van der Waals surface area (Å²) in [5.41, 5.74) is 1.65. The van der Waals surface area contributed by atoms with Gasteiger partial charge in [-0.3, -0.25) is 9.69 Å². The first-order valence-electron chi connectivity index (χ1n) is 12.0. The van der Waals surface area contributed by atoms with Crippen LogP contribution in [0.5, 0.6) is 5.88 Å². The highest BCUT2D eigenvalue weighted by molar-refractivity contribution is 6.04. The first-order chi connectivity index (χ1) is 18.1. The van der Waals surface area contributed by atoms with Gasteiger partial charge in [-0.2, -0.15) is 13.2 Å².